The summed E-state index contributed by atoms with van der Waals surface area (Å²) in [4.78, 5) is 0.267. The van der Waals surface area contributed by atoms with E-state index in [1.807, 2.05) is 13.8 Å². The second-order valence-electron chi connectivity index (χ2n) is 5.84. The van der Waals surface area contributed by atoms with Crippen molar-refractivity contribution in [1.82, 2.24) is 4.31 Å². The van der Waals surface area contributed by atoms with E-state index >= 15 is 0 Å². The zero-order valence-corrected chi connectivity index (χ0v) is 13.6. The maximum Gasteiger partial charge on any atom is 0.242 e. The van der Waals surface area contributed by atoms with Crippen molar-refractivity contribution >= 4 is 10.0 Å². The molecule has 5 nitrogen and oxygen atoms in total. The summed E-state index contributed by atoms with van der Waals surface area (Å²) < 4.78 is 31.6. The first kappa shape index (κ1) is 16.4. The molecule has 118 valence electrons. The highest BCUT2D eigenvalue weighted by molar-refractivity contribution is 7.89. The Kier molecular flexibility index (Phi) is 4.72. The van der Waals surface area contributed by atoms with Crippen LogP contribution in [0.15, 0.2) is 23.1 Å². The zero-order valence-electron chi connectivity index (χ0n) is 12.8. The Bertz CT molecular complexity index is 606. The van der Waals surface area contributed by atoms with Crippen LogP contribution in [-0.2, 0) is 14.8 Å². The molecule has 0 atom stereocenters. The van der Waals surface area contributed by atoms with E-state index in [1.165, 1.54) is 11.4 Å². The monoisotopic (exact) mass is 313 g/mol. The van der Waals surface area contributed by atoms with Gasteiger partial charge in [0.05, 0.1) is 10.5 Å². The van der Waals surface area contributed by atoms with Gasteiger partial charge in [-0.2, -0.15) is 4.31 Å². The van der Waals surface area contributed by atoms with E-state index in [2.05, 4.69) is 0 Å². The van der Waals surface area contributed by atoms with E-state index in [0.29, 0.717) is 26.1 Å². The quantitative estimate of drug-likeness (QED) is 0.914. The molecule has 1 aromatic carbocycles. The maximum atomic E-state index is 12.6. The molecule has 6 heteroatoms. The van der Waals surface area contributed by atoms with Gasteiger partial charge in [-0.3, -0.25) is 0 Å². The van der Waals surface area contributed by atoms with Gasteiger partial charge in [0, 0.05) is 39.6 Å². The number of likely N-dealkylation sites (N-methyl/N-ethyl adjacent to an activating group) is 1. The van der Waals surface area contributed by atoms with Crippen LogP contribution in [0.5, 0.6) is 0 Å². The first-order valence-electron chi connectivity index (χ1n) is 7.08. The third-order valence-electron chi connectivity index (χ3n) is 4.13. The van der Waals surface area contributed by atoms with Gasteiger partial charge in [0.25, 0.3) is 0 Å². The van der Waals surface area contributed by atoms with Gasteiger partial charge in [0.2, 0.25) is 10.0 Å². The molecule has 0 aromatic heterocycles. The lowest BCUT2D eigenvalue weighted by Gasteiger charge is -2.35. The van der Waals surface area contributed by atoms with Crippen LogP contribution in [0.1, 0.15) is 24.0 Å². The molecule has 1 N–H and O–H groups in total. The summed E-state index contributed by atoms with van der Waals surface area (Å²) in [5, 5.41) is 10.5. The van der Waals surface area contributed by atoms with Crippen molar-refractivity contribution in [2.24, 2.45) is 0 Å². The Morgan fingerprint density at radius 3 is 2.43 bits per heavy atom. The van der Waals surface area contributed by atoms with Crippen molar-refractivity contribution < 1.29 is 18.3 Å². The first-order valence-corrected chi connectivity index (χ1v) is 8.52. The maximum absolute atomic E-state index is 12.6. The van der Waals surface area contributed by atoms with Crippen LogP contribution in [0, 0.1) is 13.8 Å². The van der Waals surface area contributed by atoms with Gasteiger partial charge in [-0.25, -0.2) is 8.42 Å². The number of rotatable bonds is 4. The molecule has 1 aromatic rings. The Hall–Kier alpha value is -0.950. The summed E-state index contributed by atoms with van der Waals surface area (Å²) in [6, 6.07) is 5.09. The van der Waals surface area contributed by atoms with Gasteiger partial charge in [-0.1, -0.05) is 6.07 Å². The van der Waals surface area contributed by atoms with Crippen LogP contribution >= 0.6 is 0 Å². The van der Waals surface area contributed by atoms with Crippen LogP contribution in [0.3, 0.4) is 0 Å². The molecule has 0 saturated carbocycles. The lowest BCUT2D eigenvalue weighted by atomic mass is 9.95. The van der Waals surface area contributed by atoms with Crippen molar-refractivity contribution in [1.29, 1.82) is 0 Å². The minimum atomic E-state index is -3.58. The summed E-state index contributed by atoms with van der Waals surface area (Å²) in [5.41, 5.74) is 0.994. The van der Waals surface area contributed by atoms with Crippen molar-refractivity contribution in [3.63, 3.8) is 0 Å². The number of aryl methyl sites for hydroxylation is 2. The molecule has 1 aliphatic rings. The van der Waals surface area contributed by atoms with Gasteiger partial charge >= 0.3 is 0 Å². The molecule has 0 spiro atoms. The number of benzene rings is 1. The Balaban J connectivity index is 2.20. The fraction of sp³-hybridized carbons (Fsp3) is 0.600. The fourth-order valence-corrected chi connectivity index (χ4v) is 3.80. The molecule has 1 heterocycles. The Morgan fingerprint density at radius 1 is 1.24 bits per heavy atom. The van der Waals surface area contributed by atoms with Crippen LogP contribution in [0.25, 0.3) is 0 Å². The van der Waals surface area contributed by atoms with E-state index in [0.717, 1.165) is 11.1 Å². The zero-order chi connectivity index (χ0) is 15.7. The van der Waals surface area contributed by atoms with Gasteiger partial charge in [-0.05, 0) is 37.1 Å². The van der Waals surface area contributed by atoms with Crippen LogP contribution in [0.2, 0.25) is 0 Å². The van der Waals surface area contributed by atoms with Crippen molar-refractivity contribution in [2.75, 3.05) is 26.8 Å². The van der Waals surface area contributed by atoms with Gasteiger partial charge in [0.1, 0.15) is 0 Å². The van der Waals surface area contributed by atoms with Crippen molar-refractivity contribution in [3.8, 4) is 0 Å². The van der Waals surface area contributed by atoms with Gasteiger partial charge in [-0.15, -0.1) is 0 Å². The summed E-state index contributed by atoms with van der Waals surface area (Å²) in [7, 11) is -2.07. The average Bonchev–Trinajstić information content (AvgIpc) is 2.42. The number of ether oxygens (including phenoxy) is 1. The molecule has 0 bridgehead atoms. The molecule has 0 unspecified atom stereocenters. The van der Waals surface area contributed by atoms with Crippen molar-refractivity contribution in [2.45, 2.75) is 37.2 Å². The number of hydrogen-bond donors (Lipinski definition) is 1. The molecule has 1 saturated heterocycles. The molecule has 0 amide bonds. The van der Waals surface area contributed by atoms with Gasteiger partial charge in [0.15, 0.2) is 0 Å². The standard InChI is InChI=1S/C15H23NO4S/c1-12-4-5-14(10-13(12)2)21(18,19)16(3)11-15(17)6-8-20-9-7-15/h4-5,10,17H,6-9,11H2,1-3H3. The van der Waals surface area contributed by atoms with E-state index < -0.39 is 15.6 Å². The second-order valence-corrected chi connectivity index (χ2v) is 7.89. The largest absolute Gasteiger partial charge is 0.388 e. The molecule has 1 aliphatic heterocycles. The Labute approximate surface area is 126 Å². The summed E-state index contributed by atoms with van der Waals surface area (Å²) >= 11 is 0. The Morgan fingerprint density at radius 2 is 1.86 bits per heavy atom. The topological polar surface area (TPSA) is 66.8 Å². The summed E-state index contributed by atoms with van der Waals surface area (Å²) in [6.45, 7) is 4.86. The van der Waals surface area contributed by atoms with Crippen LogP contribution < -0.4 is 0 Å². The highest BCUT2D eigenvalue weighted by atomic mass is 32.2. The lowest BCUT2D eigenvalue weighted by molar-refractivity contribution is -0.0689. The van der Waals surface area contributed by atoms with E-state index in [1.54, 1.807) is 18.2 Å². The van der Waals surface area contributed by atoms with Crippen LogP contribution in [-0.4, -0.2) is 50.2 Å². The van der Waals surface area contributed by atoms with Gasteiger partial charge < -0.3 is 9.84 Å². The number of sulfonamides is 1. The summed E-state index contributed by atoms with van der Waals surface area (Å²) in [6.07, 6.45) is 0.916. The predicted octanol–water partition coefficient (Wildman–Crippen LogP) is 1.47. The SMILES string of the molecule is Cc1ccc(S(=O)(=O)N(C)CC2(O)CCOCC2)cc1C. The molecule has 0 radical (unpaired) electrons. The first-order chi connectivity index (χ1) is 9.74. The smallest absolute Gasteiger partial charge is 0.242 e. The lowest BCUT2D eigenvalue weighted by Crippen LogP contribution is -2.47. The molecule has 21 heavy (non-hydrogen) atoms. The highest BCUT2D eigenvalue weighted by Crippen LogP contribution is 2.25. The summed E-state index contributed by atoms with van der Waals surface area (Å²) in [5.74, 6) is 0. The average molecular weight is 313 g/mol. The van der Waals surface area contributed by atoms with Crippen molar-refractivity contribution in [3.05, 3.63) is 29.3 Å². The normalized spacial score (nSPS) is 18.9. The van der Waals surface area contributed by atoms with Crippen LogP contribution in [0.4, 0.5) is 0 Å². The molecule has 0 aliphatic carbocycles. The second kappa shape index (κ2) is 6.04. The number of nitrogens with zero attached hydrogens (tertiary/aromatic N) is 1. The molecule has 2 rings (SSSR count). The van der Waals surface area contributed by atoms with E-state index in [-0.39, 0.29) is 11.4 Å². The third kappa shape index (κ3) is 3.63. The fourth-order valence-electron chi connectivity index (χ4n) is 2.46. The van der Waals surface area contributed by atoms with E-state index in [9.17, 15) is 13.5 Å². The predicted molar refractivity (Wildman–Crippen MR) is 80.7 cm³/mol. The third-order valence-corrected chi connectivity index (χ3v) is 5.93. The minimum absolute atomic E-state index is 0.0889. The molecular weight excluding hydrogens is 290 g/mol. The number of aliphatic hydroxyl groups is 1. The number of hydrogen-bond acceptors (Lipinski definition) is 4. The highest BCUT2D eigenvalue weighted by Gasteiger charge is 2.34. The van der Waals surface area contributed by atoms with E-state index in [4.69, 9.17) is 4.74 Å². The molecular formula is C15H23NO4S. The minimum Gasteiger partial charge on any atom is -0.388 e. The molecule has 1 fully saturated rings.